The molecule has 11 aromatic rings. The highest BCUT2D eigenvalue weighted by Crippen LogP contribution is 2.44. The van der Waals surface area contributed by atoms with E-state index in [9.17, 15) is 0 Å². The highest BCUT2D eigenvalue weighted by atomic mass is 15.1. The van der Waals surface area contributed by atoms with Crippen LogP contribution >= 0.6 is 0 Å². The largest absolute Gasteiger partial charge is 0.310 e. The molecule has 0 spiro atoms. The summed E-state index contributed by atoms with van der Waals surface area (Å²) in [5.41, 5.74) is 14.0. The molecule has 1 aromatic heterocycles. The second-order valence-corrected chi connectivity index (χ2v) is 15.0. The van der Waals surface area contributed by atoms with Gasteiger partial charge in [0.2, 0.25) is 0 Å². The summed E-state index contributed by atoms with van der Waals surface area (Å²) >= 11 is 0. The van der Waals surface area contributed by atoms with Gasteiger partial charge in [-0.3, -0.25) is 0 Å². The third-order valence-corrected chi connectivity index (χ3v) is 11.6. The Labute approximate surface area is 338 Å². The van der Waals surface area contributed by atoms with Gasteiger partial charge in [0.1, 0.15) is 0 Å². The Balaban J connectivity index is 1.02. The molecule has 0 unspecified atom stereocenters. The second-order valence-electron chi connectivity index (χ2n) is 15.0. The third kappa shape index (κ3) is 5.82. The highest BCUT2D eigenvalue weighted by Gasteiger charge is 2.19. The zero-order chi connectivity index (χ0) is 38.4. The summed E-state index contributed by atoms with van der Waals surface area (Å²) in [6.07, 6.45) is 0. The maximum atomic E-state index is 2.40. The number of para-hydroxylation sites is 3. The number of rotatable bonds is 7. The van der Waals surface area contributed by atoms with Gasteiger partial charge in [-0.05, 0) is 110 Å². The van der Waals surface area contributed by atoms with Crippen molar-refractivity contribution in [2.45, 2.75) is 0 Å². The smallest absolute Gasteiger partial charge is 0.0541 e. The summed E-state index contributed by atoms with van der Waals surface area (Å²) in [7, 11) is 0. The fraction of sp³-hybridized carbons (Fsp3) is 0. The third-order valence-electron chi connectivity index (χ3n) is 11.6. The van der Waals surface area contributed by atoms with E-state index in [-0.39, 0.29) is 0 Å². The van der Waals surface area contributed by atoms with E-state index in [2.05, 4.69) is 240 Å². The SMILES string of the molecule is c1cc(-c2ccc(N(c3ccc(-c4ccc5ccccc5c4)cc3)c3ccccc3-c3cccc4ccccc34)cc2)cc(-n2c3ccccc3c3ccccc32)c1. The zero-order valence-electron chi connectivity index (χ0n) is 31.8. The summed E-state index contributed by atoms with van der Waals surface area (Å²) in [6.45, 7) is 0. The molecule has 2 nitrogen and oxygen atoms in total. The summed E-state index contributed by atoms with van der Waals surface area (Å²) in [4.78, 5) is 2.40. The number of hydrogen-bond donors (Lipinski definition) is 0. The van der Waals surface area contributed by atoms with E-state index in [0.717, 1.165) is 22.7 Å². The first-order chi connectivity index (χ1) is 28.8. The molecule has 272 valence electrons. The van der Waals surface area contributed by atoms with Crippen LogP contribution in [-0.2, 0) is 0 Å². The first kappa shape index (κ1) is 33.6. The van der Waals surface area contributed by atoms with Gasteiger partial charge in [0.15, 0.2) is 0 Å². The molecule has 2 heteroatoms. The first-order valence-electron chi connectivity index (χ1n) is 19.9. The van der Waals surface area contributed by atoms with E-state index in [1.54, 1.807) is 0 Å². The Bertz CT molecular complexity index is 3220. The van der Waals surface area contributed by atoms with Crippen LogP contribution in [0, 0.1) is 0 Å². The molecule has 11 rings (SSSR count). The highest BCUT2D eigenvalue weighted by molar-refractivity contribution is 6.09. The van der Waals surface area contributed by atoms with E-state index >= 15 is 0 Å². The molecule has 0 fully saturated rings. The molecule has 0 N–H and O–H groups in total. The standard InChI is InChI=1S/C56H38N2/c1-2-15-43-37-45(28-27-39(43)13-1)41-31-35-47(36-32-41)57(54-24-8-5-20-51(54)50-23-12-16-42-14-3-4-19-49(42)50)46-33-29-40(30-34-46)44-17-11-18-48(38-44)58-55-25-9-6-21-52(55)53-22-7-10-26-56(53)58/h1-38H. The number of benzene rings is 10. The molecule has 0 saturated carbocycles. The Morgan fingerprint density at radius 1 is 0.293 bits per heavy atom. The predicted octanol–water partition coefficient (Wildman–Crippen LogP) is 15.6. The summed E-state index contributed by atoms with van der Waals surface area (Å²) in [5, 5.41) is 7.50. The molecule has 1 heterocycles. The van der Waals surface area contributed by atoms with Crippen molar-refractivity contribution in [2.75, 3.05) is 4.90 Å². The normalized spacial score (nSPS) is 11.4. The summed E-state index contributed by atoms with van der Waals surface area (Å²) in [6, 6.07) is 83.7. The van der Waals surface area contributed by atoms with Gasteiger partial charge in [-0.15, -0.1) is 0 Å². The Morgan fingerprint density at radius 3 is 1.50 bits per heavy atom. The number of fused-ring (bicyclic) bond motifs is 5. The van der Waals surface area contributed by atoms with Crippen LogP contribution in [-0.4, -0.2) is 4.57 Å². The second kappa shape index (κ2) is 14.1. The van der Waals surface area contributed by atoms with Gasteiger partial charge in [-0.25, -0.2) is 0 Å². The molecular weight excluding hydrogens is 701 g/mol. The lowest BCUT2D eigenvalue weighted by Crippen LogP contribution is -2.11. The van der Waals surface area contributed by atoms with E-state index in [1.807, 2.05) is 0 Å². The van der Waals surface area contributed by atoms with E-state index in [0.29, 0.717) is 0 Å². The molecule has 0 saturated heterocycles. The van der Waals surface area contributed by atoms with Gasteiger partial charge < -0.3 is 9.47 Å². The van der Waals surface area contributed by atoms with Crippen molar-refractivity contribution < 1.29 is 0 Å². The first-order valence-corrected chi connectivity index (χ1v) is 19.9. The van der Waals surface area contributed by atoms with Gasteiger partial charge in [0, 0.05) is 33.4 Å². The minimum absolute atomic E-state index is 1.09. The number of hydrogen-bond acceptors (Lipinski definition) is 1. The van der Waals surface area contributed by atoms with Crippen LogP contribution in [0.2, 0.25) is 0 Å². The number of nitrogens with zero attached hydrogens (tertiary/aromatic N) is 2. The van der Waals surface area contributed by atoms with E-state index < -0.39 is 0 Å². The lowest BCUT2D eigenvalue weighted by Gasteiger charge is -2.28. The number of anilines is 3. The predicted molar refractivity (Wildman–Crippen MR) is 247 cm³/mol. The molecule has 10 aromatic carbocycles. The fourth-order valence-electron chi connectivity index (χ4n) is 8.78. The van der Waals surface area contributed by atoms with Crippen LogP contribution in [0.15, 0.2) is 231 Å². The molecule has 0 bridgehead atoms. The zero-order valence-corrected chi connectivity index (χ0v) is 31.8. The lowest BCUT2D eigenvalue weighted by molar-refractivity contribution is 1.18. The Morgan fingerprint density at radius 2 is 0.793 bits per heavy atom. The maximum absolute atomic E-state index is 2.40. The van der Waals surface area contributed by atoms with E-state index in [1.165, 1.54) is 76.7 Å². The van der Waals surface area contributed by atoms with Gasteiger partial charge >= 0.3 is 0 Å². The van der Waals surface area contributed by atoms with Crippen molar-refractivity contribution in [2.24, 2.45) is 0 Å². The van der Waals surface area contributed by atoms with Gasteiger partial charge in [-0.2, -0.15) is 0 Å². The van der Waals surface area contributed by atoms with Crippen LogP contribution in [0.25, 0.3) is 82.4 Å². The minimum atomic E-state index is 1.09. The molecule has 0 amide bonds. The molecule has 0 aliphatic rings. The number of aromatic nitrogens is 1. The average molecular weight is 739 g/mol. The molecule has 0 atom stereocenters. The Kier molecular flexibility index (Phi) is 8.19. The van der Waals surface area contributed by atoms with Crippen LogP contribution in [0.1, 0.15) is 0 Å². The van der Waals surface area contributed by atoms with Gasteiger partial charge in [0.25, 0.3) is 0 Å². The summed E-state index contributed by atoms with van der Waals surface area (Å²) < 4.78 is 2.38. The van der Waals surface area contributed by atoms with Gasteiger partial charge in [-0.1, -0.05) is 170 Å². The van der Waals surface area contributed by atoms with Crippen molar-refractivity contribution >= 4 is 60.4 Å². The average Bonchev–Trinajstić information content (AvgIpc) is 3.64. The van der Waals surface area contributed by atoms with Crippen LogP contribution in [0.3, 0.4) is 0 Å². The topological polar surface area (TPSA) is 8.17 Å². The van der Waals surface area contributed by atoms with Crippen molar-refractivity contribution in [3.05, 3.63) is 231 Å². The quantitative estimate of drug-likeness (QED) is 0.158. The maximum Gasteiger partial charge on any atom is 0.0541 e. The Hall–Kier alpha value is -7.68. The fourth-order valence-corrected chi connectivity index (χ4v) is 8.78. The van der Waals surface area contributed by atoms with Crippen molar-refractivity contribution in [3.8, 4) is 39.1 Å². The van der Waals surface area contributed by atoms with Crippen LogP contribution in [0.4, 0.5) is 17.1 Å². The lowest BCUT2D eigenvalue weighted by atomic mass is 9.95. The van der Waals surface area contributed by atoms with Crippen molar-refractivity contribution in [1.82, 2.24) is 4.57 Å². The van der Waals surface area contributed by atoms with Crippen molar-refractivity contribution in [1.29, 1.82) is 0 Å². The van der Waals surface area contributed by atoms with Crippen molar-refractivity contribution in [3.63, 3.8) is 0 Å². The van der Waals surface area contributed by atoms with E-state index in [4.69, 9.17) is 0 Å². The minimum Gasteiger partial charge on any atom is -0.310 e. The monoisotopic (exact) mass is 738 g/mol. The molecule has 0 radical (unpaired) electrons. The molecule has 58 heavy (non-hydrogen) atoms. The summed E-state index contributed by atoms with van der Waals surface area (Å²) in [5.74, 6) is 0. The van der Waals surface area contributed by atoms with Crippen LogP contribution < -0.4 is 4.90 Å². The van der Waals surface area contributed by atoms with Gasteiger partial charge in [0.05, 0.1) is 16.7 Å². The van der Waals surface area contributed by atoms with Crippen LogP contribution in [0.5, 0.6) is 0 Å². The molecular formula is C56H38N2. The molecule has 0 aliphatic carbocycles. The molecule has 0 aliphatic heterocycles.